The molecule has 0 bridgehead atoms. The molecule has 0 aliphatic carbocycles. The van der Waals surface area contributed by atoms with Crippen molar-refractivity contribution >= 4 is 35.6 Å². The molecule has 1 aromatic carbocycles. The topological polar surface area (TPSA) is 41.1 Å². The van der Waals surface area contributed by atoms with Crippen LogP contribution in [0.2, 0.25) is 5.02 Å². The molecular weight excluding hydrogens is 271 g/mol. The second-order valence-corrected chi connectivity index (χ2v) is 4.47. The highest BCUT2D eigenvalue weighted by Gasteiger charge is 2.04. The summed E-state index contributed by atoms with van der Waals surface area (Å²) >= 11 is 5.88. The maximum absolute atomic E-state index is 11.6. The van der Waals surface area contributed by atoms with Crippen LogP contribution in [0.25, 0.3) is 0 Å². The average Bonchev–Trinajstić information content (AvgIpc) is 2.29. The van der Waals surface area contributed by atoms with Gasteiger partial charge in [0.2, 0.25) is 5.91 Å². The number of amides is 1. The molecule has 1 amide bonds. The lowest BCUT2D eigenvalue weighted by Gasteiger charge is -2.09. The highest BCUT2D eigenvalue weighted by atomic mass is 35.5. The summed E-state index contributed by atoms with van der Waals surface area (Å²) < 4.78 is 0. The van der Waals surface area contributed by atoms with Crippen molar-refractivity contribution in [3.05, 3.63) is 28.8 Å². The zero-order valence-electron chi connectivity index (χ0n) is 10.8. The Bertz CT molecular complexity index is 383. The van der Waals surface area contributed by atoms with Crippen molar-refractivity contribution < 1.29 is 4.79 Å². The lowest BCUT2D eigenvalue weighted by atomic mass is 10.2. The van der Waals surface area contributed by atoms with Crippen molar-refractivity contribution in [1.29, 1.82) is 0 Å². The van der Waals surface area contributed by atoms with Crippen molar-refractivity contribution in [3.63, 3.8) is 0 Å². The van der Waals surface area contributed by atoms with Crippen LogP contribution in [-0.4, -0.2) is 19.0 Å². The summed E-state index contributed by atoms with van der Waals surface area (Å²) in [5.74, 6) is -0.0357. The monoisotopic (exact) mass is 290 g/mol. The van der Waals surface area contributed by atoms with Crippen LogP contribution in [0, 0.1) is 6.92 Å². The fraction of sp³-hybridized carbons (Fsp3) is 0.462. The molecule has 3 nitrogen and oxygen atoms in total. The molecule has 0 heterocycles. The van der Waals surface area contributed by atoms with Gasteiger partial charge in [-0.1, -0.05) is 31.0 Å². The number of carbonyl (C=O) groups excluding carboxylic acids is 1. The number of hydrogen-bond donors (Lipinski definition) is 2. The number of rotatable bonds is 6. The van der Waals surface area contributed by atoms with E-state index in [0.717, 1.165) is 30.6 Å². The Balaban J connectivity index is 0.00000289. The normalized spacial score (nSPS) is 9.72. The van der Waals surface area contributed by atoms with Gasteiger partial charge in [-0.3, -0.25) is 4.79 Å². The molecular formula is C13H20Cl2N2O. The maximum Gasteiger partial charge on any atom is 0.238 e. The van der Waals surface area contributed by atoms with Crippen LogP contribution in [0.4, 0.5) is 5.69 Å². The van der Waals surface area contributed by atoms with E-state index in [1.807, 2.05) is 19.1 Å². The maximum atomic E-state index is 11.6. The van der Waals surface area contributed by atoms with E-state index in [1.165, 1.54) is 0 Å². The van der Waals surface area contributed by atoms with Crippen LogP contribution < -0.4 is 10.6 Å². The summed E-state index contributed by atoms with van der Waals surface area (Å²) in [5, 5.41) is 6.57. The molecule has 0 saturated heterocycles. The van der Waals surface area contributed by atoms with Crippen LogP contribution in [0.1, 0.15) is 25.3 Å². The molecule has 0 fully saturated rings. The van der Waals surface area contributed by atoms with Gasteiger partial charge in [0.1, 0.15) is 0 Å². The summed E-state index contributed by atoms with van der Waals surface area (Å²) in [6.07, 6.45) is 2.21. The average molecular weight is 291 g/mol. The van der Waals surface area contributed by atoms with E-state index in [1.54, 1.807) is 6.07 Å². The second kappa shape index (κ2) is 9.20. The smallest absolute Gasteiger partial charge is 0.238 e. The minimum atomic E-state index is -0.0357. The van der Waals surface area contributed by atoms with Gasteiger partial charge >= 0.3 is 0 Å². The molecule has 0 atom stereocenters. The van der Waals surface area contributed by atoms with Crippen LogP contribution in [0.15, 0.2) is 18.2 Å². The minimum Gasteiger partial charge on any atom is -0.325 e. The van der Waals surface area contributed by atoms with Gasteiger partial charge in [-0.25, -0.2) is 0 Å². The number of anilines is 1. The fourth-order valence-corrected chi connectivity index (χ4v) is 1.60. The van der Waals surface area contributed by atoms with E-state index in [-0.39, 0.29) is 18.3 Å². The third-order valence-electron chi connectivity index (χ3n) is 2.47. The first kappa shape index (κ1) is 17.2. The first-order valence-corrected chi connectivity index (χ1v) is 6.28. The van der Waals surface area contributed by atoms with E-state index in [4.69, 9.17) is 11.6 Å². The van der Waals surface area contributed by atoms with Gasteiger partial charge in [-0.2, -0.15) is 0 Å². The molecule has 0 aliphatic rings. The van der Waals surface area contributed by atoms with Gasteiger partial charge in [-0.15, -0.1) is 12.4 Å². The molecule has 102 valence electrons. The summed E-state index contributed by atoms with van der Waals surface area (Å²) in [4.78, 5) is 11.6. The highest BCUT2D eigenvalue weighted by molar-refractivity contribution is 6.31. The van der Waals surface area contributed by atoms with Gasteiger partial charge in [-0.05, 0) is 37.6 Å². The largest absolute Gasteiger partial charge is 0.325 e. The molecule has 2 N–H and O–H groups in total. The summed E-state index contributed by atoms with van der Waals surface area (Å²) in [7, 11) is 0. The Morgan fingerprint density at radius 1 is 1.39 bits per heavy atom. The van der Waals surface area contributed by atoms with E-state index in [9.17, 15) is 4.79 Å². The molecule has 0 aromatic heterocycles. The SMILES string of the molecule is CCCCNCC(=O)Nc1cc(Cl)ccc1C.Cl. The zero-order chi connectivity index (χ0) is 12.7. The van der Waals surface area contributed by atoms with Crippen molar-refractivity contribution in [1.82, 2.24) is 5.32 Å². The van der Waals surface area contributed by atoms with Crippen molar-refractivity contribution in [3.8, 4) is 0 Å². The first-order chi connectivity index (χ1) is 8.13. The van der Waals surface area contributed by atoms with Gasteiger partial charge in [0, 0.05) is 10.7 Å². The fourth-order valence-electron chi connectivity index (χ4n) is 1.43. The Morgan fingerprint density at radius 2 is 2.11 bits per heavy atom. The molecule has 0 saturated carbocycles. The number of hydrogen-bond acceptors (Lipinski definition) is 2. The van der Waals surface area contributed by atoms with Crippen LogP contribution >= 0.6 is 24.0 Å². The third-order valence-corrected chi connectivity index (χ3v) is 2.70. The molecule has 18 heavy (non-hydrogen) atoms. The van der Waals surface area contributed by atoms with Crippen molar-refractivity contribution in [2.45, 2.75) is 26.7 Å². The molecule has 5 heteroatoms. The van der Waals surface area contributed by atoms with E-state index in [0.29, 0.717) is 11.6 Å². The lowest BCUT2D eigenvalue weighted by molar-refractivity contribution is -0.115. The minimum absolute atomic E-state index is 0. The standard InChI is InChI=1S/C13H19ClN2O.ClH/c1-3-4-7-15-9-13(17)16-12-8-11(14)6-5-10(12)2;/h5-6,8,15H,3-4,7,9H2,1-2H3,(H,16,17);1H. The molecule has 0 unspecified atom stereocenters. The van der Waals surface area contributed by atoms with Gasteiger partial charge < -0.3 is 10.6 Å². The number of carbonyl (C=O) groups is 1. The molecule has 0 spiro atoms. The Hall–Kier alpha value is -0.770. The highest BCUT2D eigenvalue weighted by Crippen LogP contribution is 2.19. The molecule has 0 radical (unpaired) electrons. The Kier molecular flexibility index (Phi) is 8.81. The van der Waals surface area contributed by atoms with E-state index < -0.39 is 0 Å². The number of benzene rings is 1. The summed E-state index contributed by atoms with van der Waals surface area (Å²) in [6, 6.07) is 5.47. The molecule has 1 aromatic rings. The zero-order valence-corrected chi connectivity index (χ0v) is 12.3. The third kappa shape index (κ3) is 6.24. The Labute approximate surface area is 120 Å². The summed E-state index contributed by atoms with van der Waals surface area (Å²) in [5.41, 5.74) is 1.79. The number of aryl methyl sites for hydroxylation is 1. The van der Waals surface area contributed by atoms with Crippen LogP contribution in [0.5, 0.6) is 0 Å². The summed E-state index contributed by atoms with van der Waals surface area (Å²) in [6.45, 7) is 5.28. The predicted molar refractivity (Wildman–Crippen MR) is 79.8 cm³/mol. The molecule has 0 aliphatic heterocycles. The first-order valence-electron chi connectivity index (χ1n) is 5.90. The quantitative estimate of drug-likeness (QED) is 0.789. The number of unbranched alkanes of at least 4 members (excludes halogenated alkanes) is 1. The van der Waals surface area contributed by atoms with E-state index in [2.05, 4.69) is 17.6 Å². The lowest BCUT2D eigenvalue weighted by Crippen LogP contribution is -2.28. The second-order valence-electron chi connectivity index (χ2n) is 4.04. The van der Waals surface area contributed by atoms with Gasteiger partial charge in [0.05, 0.1) is 6.54 Å². The van der Waals surface area contributed by atoms with Gasteiger partial charge in [0.15, 0.2) is 0 Å². The van der Waals surface area contributed by atoms with E-state index >= 15 is 0 Å². The van der Waals surface area contributed by atoms with Crippen molar-refractivity contribution in [2.24, 2.45) is 0 Å². The number of nitrogens with one attached hydrogen (secondary N) is 2. The van der Waals surface area contributed by atoms with Gasteiger partial charge in [0.25, 0.3) is 0 Å². The molecule has 1 rings (SSSR count). The Morgan fingerprint density at radius 3 is 2.78 bits per heavy atom. The predicted octanol–water partition coefficient (Wildman–Crippen LogP) is 3.40. The van der Waals surface area contributed by atoms with Crippen LogP contribution in [0.3, 0.4) is 0 Å². The number of halogens is 2. The van der Waals surface area contributed by atoms with Crippen molar-refractivity contribution in [2.75, 3.05) is 18.4 Å². The van der Waals surface area contributed by atoms with Crippen LogP contribution in [-0.2, 0) is 4.79 Å².